The maximum atomic E-state index is 13.8. The van der Waals surface area contributed by atoms with Crippen molar-refractivity contribution in [3.05, 3.63) is 35.9 Å². The van der Waals surface area contributed by atoms with Crippen molar-refractivity contribution in [1.82, 2.24) is 9.80 Å². The molecule has 15 heteroatoms. The number of hydrogen-bond acceptors (Lipinski definition) is 8. The number of nitrogens with zero attached hydrogens (tertiary/aromatic N) is 2. The van der Waals surface area contributed by atoms with Crippen LogP contribution in [0.25, 0.3) is 0 Å². The molecule has 5 atom stereocenters. The topological polar surface area (TPSA) is 156 Å². The van der Waals surface area contributed by atoms with Crippen LogP contribution in [-0.2, 0) is 33.8 Å². The molecule has 1 aromatic rings. The van der Waals surface area contributed by atoms with Gasteiger partial charge in [0.15, 0.2) is 15.6 Å². The second-order valence-corrected chi connectivity index (χ2v) is 15.8. The highest BCUT2D eigenvalue weighted by atomic mass is 32.2. The quantitative estimate of drug-likeness (QED) is 0.293. The molecule has 1 aromatic carbocycles. The summed E-state index contributed by atoms with van der Waals surface area (Å²) in [5.74, 6) is -5.30. The lowest BCUT2D eigenvalue weighted by Crippen LogP contribution is -2.53. The summed E-state index contributed by atoms with van der Waals surface area (Å²) in [6, 6.07) is 2.31. The van der Waals surface area contributed by atoms with Crippen molar-refractivity contribution in [3.63, 3.8) is 0 Å². The lowest BCUT2D eigenvalue weighted by atomic mass is 9.86. The number of ether oxygens (including phenoxy) is 1. The third-order valence-electron chi connectivity index (χ3n) is 8.71. The molecular formula is C33H49F3N4O7S. The van der Waals surface area contributed by atoms with E-state index in [0.29, 0.717) is 25.0 Å². The average molecular weight is 703 g/mol. The number of rotatable bonds is 13. The van der Waals surface area contributed by atoms with Crippen molar-refractivity contribution < 1.29 is 45.5 Å². The molecule has 270 valence electrons. The minimum atomic E-state index is -5.12. The van der Waals surface area contributed by atoms with Crippen LogP contribution in [0.2, 0.25) is 0 Å². The Morgan fingerprint density at radius 3 is 2.15 bits per heavy atom. The molecule has 3 N–H and O–H groups in total. The Bertz CT molecular complexity index is 1470. The highest BCUT2D eigenvalue weighted by Crippen LogP contribution is 2.30. The van der Waals surface area contributed by atoms with Crippen LogP contribution >= 0.6 is 0 Å². The molecule has 48 heavy (non-hydrogen) atoms. The molecule has 0 unspecified atom stereocenters. The van der Waals surface area contributed by atoms with Gasteiger partial charge in [0.1, 0.15) is 5.75 Å². The molecule has 0 saturated carbocycles. The predicted octanol–water partition coefficient (Wildman–Crippen LogP) is 3.98. The Hall–Kier alpha value is -3.30. The molecule has 0 spiro atoms. The van der Waals surface area contributed by atoms with Crippen LogP contribution in [0.4, 0.5) is 18.9 Å². The van der Waals surface area contributed by atoms with Gasteiger partial charge in [-0.15, -0.1) is 0 Å². The molecular weight excluding hydrogens is 653 g/mol. The van der Waals surface area contributed by atoms with E-state index < -0.39 is 69.0 Å². The van der Waals surface area contributed by atoms with E-state index in [9.17, 15) is 40.8 Å². The number of carbonyl (C=O) groups excluding carboxylic acids is 4. The first-order chi connectivity index (χ1) is 21.9. The first kappa shape index (κ1) is 40.9. The lowest BCUT2D eigenvalue weighted by molar-refractivity contribution is -0.167. The minimum absolute atomic E-state index is 0.0376. The second-order valence-electron chi connectivity index (χ2n) is 13.8. The van der Waals surface area contributed by atoms with Crippen molar-refractivity contribution in [2.24, 2.45) is 23.0 Å². The molecule has 1 heterocycles. The van der Waals surface area contributed by atoms with E-state index in [1.165, 1.54) is 14.0 Å². The van der Waals surface area contributed by atoms with Gasteiger partial charge < -0.3 is 25.6 Å². The second kappa shape index (κ2) is 15.9. The standard InChI is InChI=1S/C33H49F3N4O7S/c1-19(2)25(39(8)30(43)28(37)32(5,6)7)17-20(3)29(42)40-16-10-11-24(40)27(47-9)21(4)26(41)18-48(45,46)23-14-12-22(13-15-23)38-31(44)33(34,35)36/h12-15,17,19,21,24-25,27-28H,10-11,16,18,37H2,1-9H3,(H,38,44)/b20-17+/t21-,24-,25+,27+,28+/m0/s1. The van der Waals surface area contributed by atoms with Crippen molar-refractivity contribution in [2.45, 2.75) is 96.6 Å². The van der Waals surface area contributed by atoms with E-state index in [1.54, 1.807) is 35.2 Å². The number of likely N-dealkylation sites (tertiary alicyclic amines) is 1. The molecule has 0 aromatic heterocycles. The number of hydrogen-bond donors (Lipinski definition) is 2. The molecule has 1 aliphatic heterocycles. The van der Waals surface area contributed by atoms with E-state index in [2.05, 4.69) is 0 Å². The van der Waals surface area contributed by atoms with E-state index in [-0.39, 0.29) is 28.3 Å². The van der Waals surface area contributed by atoms with Crippen LogP contribution in [0.5, 0.6) is 0 Å². The number of halogens is 3. The maximum absolute atomic E-state index is 13.8. The van der Waals surface area contributed by atoms with E-state index in [4.69, 9.17) is 10.5 Å². The zero-order chi connectivity index (χ0) is 36.9. The summed E-state index contributed by atoms with van der Waals surface area (Å²) in [7, 11) is -1.17. The molecule has 0 radical (unpaired) electrons. The van der Waals surface area contributed by atoms with Crippen LogP contribution in [0.15, 0.2) is 40.8 Å². The number of Topliss-reactive ketones (excluding diaryl/α,β-unsaturated/α-hetero) is 1. The molecule has 3 amide bonds. The molecule has 0 aliphatic carbocycles. The fourth-order valence-corrected chi connectivity index (χ4v) is 7.01. The zero-order valence-corrected chi connectivity index (χ0v) is 29.9. The van der Waals surface area contributed by atoms with Crippen LogP contribution < -0.4 is 11.1 Å². The van der Waals surface area contributed by atoms with E-state index in [0.717, 1.165) is 24.3 Å². The number of nitrogens with two attached hydrogens (primary N) is 1. The largest absolute Gasteiger partial charge is 0.471 e. The Morgan fingerprint density at radius 1 is 1.10 bits per heavy atom. The van der Waals surface area contributed by atoms with Gasteiger partial charge in [-0.3, -0.25) is 19.2 Å². The number of amides is 3. The molecule has 1 saturated heterocycles. The summed E-state index contributed by atoms with van der Waals surface area (Å²) < 4.78 is 69.4. The zero-order valence-electron chi connectivity index (χ0n) is 29.1. The van der Waals surface area contributed by atoms with Crippen molar-refractivity contribution >= 4 is 39.0 Å². The molecule has 0 bridgehead atoms. The molecule has 2 rings (SSSR count). The number of anilines is 1. The summed E-state index contributed by atoms with van der Waals surface area (Å²) in [4.78, 5) is 54.3. The number of sulfone groups is 1. The van der Waals surface area contributed by atoms with Gasteiger partial charge in [0.05, 0.1) is 29.1 Å². The van der Waals surface area contributed by atoms with E-state index >= 15 is 0 Å². The van der Waals surface area contributed by atoms with Gasteiger partial charge in [-0.05, 0) is 55.4 Å². The fraction of sp³-hybridized carbons (Fsp3) is 0.636. The molecule has 1 fully saturated rings. The van der Waals surface area contributed by atoms with Crippen LogP contribution in [-0.4, -0.2) is 98.6 Å². The Balaban J connectivity index is 2.22. The number of benzene rings is 1. The summed E-state index contributed by atoms with van der Waals surface area (Å²) >= 11 is 0. The van der Waals surface area contributed by atoms with Crippen LogP contribution in [0, 0.1) is 17.3 Å². The van der Waals surface area contributed by atoms with Gasteiger partial charge in [-0.1, -0.05) is 47.6 Å². The van der Waals surface area contributed by atoms with Gasteiger partial charge in [-0.2, -0.15) is 13.2 Å². The summed E-state index contributed by atoms with van der Waals surface area (Å²) in [6.07, 6.45) is -3.06. The van der Waals surface area contributed by atoms with Gasteiger partial charge in [0, 0.05) is 37.9 Å². The minimum Gasteiger partial charge on any atom is -0.379 e. The Morgan fingerprint density at radius 2 is 1.67 bits per heavy atom. The molecule has 1 aliphatic rings. The van der Waals surface area contributed by atoms with Gasteiger partial charge >= 0.3 is 12.1 Å². The third kappa shape index (κ3) is 10.1. The smallest absolute Gasteiger partial charge is 0.379 e. The van der Waals surface area contributed by atoms with Crippen molar-refractivity contribution in [2.75, 3.05) is 31.8 Å². The first-order valence-corrected chi connectivity index (χ1v) is 17.4. The molecule has 11 nitrogen and oxygen atoms in total. The summed E-state index contributed by atoms with van der Waals surface area (Å²) in [6.45, 7) is 13.1. The lowest BCUT2D eigenvalue weighted by Gasteiger charge is -2.36. The fourth-order valence-electron chi connectivity index (χ4n) is 5.66. The Labute approximate surface area is 281 Å². The van der Waals surface area contributed by atoms with E-state index in [1.807, 2.05) is 34.6 Å². The number of nitrogens with one attached hydrogen (secondary N) is 1. The van der Waals surface area contributed by atoms with Crippen molar-refractivity contribution in [1.29, 1.82) is 0 Å². The summed E-state index contributed by atoms with van der Waals surface area (Å²) in [5.41, 5.74) is 5.91. The average Bonchev–Trinajstić information content (AvgIpc) is 3.46. The number of likely N-dealkylation sites (N-methyl/N-ethyl adjacent to an activating group) is 1. The number of alkyl halides is 3. The highest BCUT2D eigenvalue weighted by molar-refractivity contribution is 7.92. The van der Waals surface area contributed by atoms with Gasteiger partial charge in [0.25, 0.3) is 0 Å². The summed E-state index contributed by atoms with van der Waals surface area (Å²) in [5, 5.41) is 1.63. The van der Waals surface area contributed by atoms with Crippen LogP contribution in [0.3, 0.4) is 0 Å². The van der Waals surface area contributed by atoms with Gasteiger partial charge in [-0.25, -0.2) is 8.42 Å². The number of carbonyl (C=O) groups is 4. The monoisotopic (exact) mass is 702 g/mol. The van der Waals surface area contributed by atoms with Crippen LogP contribution in [0.1, 0.15) is 61.3 Å². The maximum Gasteiger partial charge on any atom is 0.471 e. The highest BCUT2D eigenvalue weighted by Gasteiger charge is 2.42. The van der Waals surface area contributed by atoms with Gasteiger partial charge in [0.2, 0.25) is 11.8 Å². The SMILES string of the molecule is CO[C@H]([C@@H](C)C(=O)CS(=O)(=O)c1ccc(NC(=O)C(F)(F)F)cc1)[C@@H]1CCCN1C(=O)/C(C)=C/[C@H](C(C)C)N(C)C(=O)[C@@H](N)C(C)(C)C. The number of methoxy groups -OCH3 is 1. The van der Waals surface area contributed by atoms with Crippen molar-refractivity contribution in [3.8, 4) is 0 Å². The first-order valence-electron chi connectivity index (χ1n) is 15.7. The predicted molar refractivity (Wildman–Crippen MR) is 175 cm³/mol. The third-order valence-corrected chi connectivity index (χ3v) is 10.4. The normalized spacial score (nSPS) is 18.7. The number of ketones is 1. The Kier molecular flexibility index (Phi) is 13.6.